The number of carbonyl (C=O) groups excluding carboxylic acids is 1. The molecular formula is C25H18BrNO2. The molecule has 0 radical (unpaired) electrons. The van der Waals surface area contributed by atoms with Gasteiger partial charge in [0, 0.05) is 16.3 Å². The van der Waals surface area contributed by atoms with Crippen LogP contribution in [0.4, 0.5) is 5.69 Å². The van der Waals surface area contributed by atoms with Crippen LogP contribution in [0, 0.1) is 6.92 Å². The van der Waals surface area contributed by atoms with Crippen LogP contribution in [0.25, 0.3) is 10.8 Å². The van der Waals surface area contributed by atoms with E-state index in [1.54, 1.807) is 18.3 Å². The van der Waals surface area contributed by atoms with Crippen molar-refractivity contribution in [3.8, 4) is 5.75 Å². The number of aryl methyl sites for hydroxylation is 1. The lowest BCUT2D eigenvalue weighted by Gasteiger charge is -2.11. The van der Waals surface area contributed by atoms with Gasteiger partial charge in [0.05, 0.1) is 11.3 Å². The predicted molar refractivity (Wildman–Crippen MR) is 121 cm³/mol. The van der Waals surface area contributed by atoms with Crippen LogP contribution < -0.4 is 4.74 Å². The minimum absolute atomic E-state index is 0.390. The highest BCUT2D eigenvalue weighted by atomic mass is 79.9. The SMILES string of the molecule is Cc1ccc(C(=O)Oc2ccc3ccccc3c2C=Nc2ccc(Br)cc2)cc1. The number of hydrogen-bond donors (Lipinski definition) is 0. The third-order valence-electron chi connectivity index (χ3n) is 4.59. The maximum Gasteiger partial charge on any atom is 0.343 e. The second-order valence-electron chi connectivity index (χ2n) is 6.69. The van der Waals surface area contributed by atoms with Crippen LogP contribution in [0.15, 0.2) is 94.4 Å². The fourth-order valence-corrected chi connectivity index (χ4v) is 3.28. The molecule has 29 heavy (non-hydrogen) atoms. The first kappa shape index (κ1) is 19.1. The first-order valence-corrected chi connectivity index (χ1v) is 10.00. The summed E-state index contributed by atoms with van der Waals surface area (Å²) in [4.78, 5) is 17.2. The number of rotatable bonds is 4. The van der Waals surface area contributed by atoms with Crippen LogP contribution in [-0.4, -0.2) is 12.2 Å². The maximum atomic E-state index is 12.7. The van der Waals surface area contributed by atoms with Crippen LogP contribution in [0.3, 0.4) is 0 Å². The number of aliphatic imine (C=N–C) groups is 1. The molecule has 3 nitrogen and oxygen atoms in total. The molecule has 4 aromatic carbocycles. The molecule has 4 aromatic rings. The minimum atomic E-state index is -0.390. The van der Waals surface area contributed by atoms with E-state index in [2.05, 4.69) is 20.9 Å². The van der Waals surface area contributed by atoms with Crippen molar-refractivity contribution in [2.75, 3.05) is 0 Å². The van der Waals surface area contributed by atoms with Gasteiger partial charge in [0.2, 0.25) is 0 Å². The Morgan fingerprint density at radius 2 is 1.62 bits per heavy atom. The van der Waals surface area contributed by atoms with Crippen molar-refractivity contribution in [3.05, 3.63) is 106 Å². The van der Waals surface area contributed by atoms with Crippen LogP contribution in [-0.2, 0) is 0 Å². The standard InChI is InChI=1S/C25H18BrNO2/c1-17-6-8-19(9-7-17)25(28)29-24-15-10-18-4-2-3-5-22(18)23(24)16-27-21-13-11-20(26)12-14-21/h2-16H,1H3. The summed E-state index contributed by atoms with van der Waals surface area (Å²) in [6.07, 6.45) is 1.75. The van der Waals surface area contributed by atoms with Gasteiger partial charge in [0.1, 0.15) is 5.75 Å². The number of benzene rings is 4. The maximum absolute atomic E-state index is 12.7. The Morgan fingerprint density at radius 3 is 2.38 bits per heavy atom. The third kappa shape index (κ3) is 4.44. The number of esters is 1. The van der Waals surface area contributed by atoms with Gasteiger partial charge in [-0.2, -0.15) is 0 Å². The summed E-state index contributed by atoms with van der Waals surface area (Å²) in [6, 6.07) is 26.8. The van der Waals surface area contributed by atoms with E-state index in [0.717, 1.165) is 32.1 Å². The van der Waals surface area contributed by atoms with Crippen molar-refractivity contribution in [1.82, 2.24) is 0 Å². The molecule has 0 spiro atoms. The smallest absolute Gasteiger partial charge is 0.343 e. The monoisotopic (exact) mass is 443 g/mol. The molecule has 4 heteroatoms. The normalized spacial score (nSPS) is 11.1. The van der Waals surface area contributed by atoms with E-state index in [-0.39, 0.29) is 0 Å². The molecule has 4 rings (SSSR count). The predicted octanol–water partition coefficient (Wildman–Crippen LogP) is 6.88. The number of nitrogens with zero attached hydrogens (tertiary/aromatic N) is 1. The zero-order valence-corrected chi connectivity index (χ0v) is 17.4. The van der Waals surface area contributed by atoms with E-state index in [4.69, 9.17) is 4.74 Å². The first-order valence-electron chi connectivity index (χ1n) is 9.20. The van der Waals surface area contributed by atoms with E-state index in [1.807, 2.05) is 79.7 Å². The summed E-state index contributed by atoms with van der Waals surface area (Å²) >= 11 is 3.43. The average molecular weight is 444 g/mol. The summed E-state index contributed by atoms with van der Waals surface area (Å²) < 4.78 is 6.74. The largest absolute Gasteiger partial charge is 0.422 e. The number of hydrogen-bond acceptors (Lipinski definition) is 3. The van der Waals surface area contributed by atoms with E-state index in [9.17, 15) is 4.79 Å². The number of halogens is 1. The molecule has 0 aromatic heterocycles. The van der Waals surface area contributed by atoms with Gasteiger partial charge in [-0.1, -0.05) is 64.0 Å². The van der Waals surface area contributed by atoms with E-state index >= 15 is 0 Å². The Hall–Kier alpha value is -3.24. The van der Waals surface area contributed by atoms with Crippen molar-refractivity contribution >= 4 is 44.6 Å². The lowest BCUT2D eigenvalue weighted by Crippen LogP contribution is -2.10. The molecule has 0 fully saturated rings. The Kier molecular flexibility index (Phi) is 5.54. The van der Waals surface area contributed by atoms with Crippen molar-refractivity contribution in [2.45, 2.75) is 6.92 Å². The highest BCUT2D eigenvalue weighted by molar-refractivity contribution is 9.10. The lowest BCUT2D eigenvalue weighted by atomic mass is 10.0. The molecule has 0 aliphatic rings. The molecule has 0 aliphatic carbocycles. The number of carbonyl (C=O) groups is 1. The van der Waals surface area contributed by atoms with Gasteiger partial charge in [-0.3, -0.25) is 4.99 Å². The van der Waals surface area contributed by atoms with Crippen molar-refractivity contribution in [2.24, 2.45) is 4.99 Å². The van der Waals surface area contributed by atoms with Crippen LogP contribution >= 0.6 is 15.9 Å². The van der Waals surface area contributed by atoms with Gasteiger partial charge in [0.25, 0.3) is 0 Å². The summed E-state index contributed by atoms with van der Waals surface area (Å²) in [7, 11) is 0. The Morgan fingerprint density at radius 1 is 0.897 bits per heavy atom. The minimum Gasteiger partial charge on any atom is -0.422 e. The van der Waals surface area contributed by atoms with Crippen molar-refractivity contribution in [3.63, 3.8) is 0 Å². The van der Waals surface area contributed by atoms with Crippen LogP contribution in [0.5, 0.6) is 5.75 Å². The van der Waals surface area contributed by atoms with E-state index in [1.165, 1.54) is 0 Å². The second-order valence-corrected chi connectivity index (χ2v) is 7.60. The highest BCUT2D eigenvalue weighted by Gasteiger charge is 2.13. The van der Waals surface area contributed by atoms with Gasteiger partial charge in [0.15, 0.2) is 0 Å². The Bertz CT molecular complexity index is 1200. The fraction of sp³-hybridized carbons (Fsp3) is 0.0400. The molecule has 0 unspecified atom stereocenters. The van der Waals surface area contributed by atoms with Crippen LogP contribution in [0.1, 0.15) is 21.5 Å². The van der Waals surface area contributed by atoms with Gasteiger partial charge in [-0.25, -0.2) is 4.79 Å². The van der Waals surface area contributed by atoms with Crippen LogP contribution in [0.2, 0.25) is 0 Å². The summed E-state index contributed by atoms with van der Waals surface area (Å²) in [6.45, 7) is 1.98. The van der Waals surface area contributed by atoms with Crippen molar-refractivity contribution in [1.29, 1.82) is 0 Å². The number of ether oxygens (including phenoxy) is 1. The third-order valence-corrected chi connectivity index (χ3v) is 5.12. The molecule has 0 atom stereocenters. The molecular weight excluding hydrogens is 426 g/mol. The molecule has 0 bridgehead atoms. The molecule has 0 amide bonds. The molecule has 0 N–H and O–H groups in total. The molecule has 142 valence electrons. The molecule has 0 aliphatic heterocycles. The summed E-state index contributed by atoms with van der Waals surface area (Å²) in [5.41, 5.74) is 3.19. The zero-order valence-electron chi connectivity index (χ0n) is 15.8. The molecule has 0 saturated heterocycles. The first-order chi connectivity index (χ1) is 14.1. The van der Waals surface area contributed by atoms with E-state index in [0.29, 0.717) is 11.3 Å². The van der Waals surface area contributed by atoms with Crippen molar-refractivity contribution < 1.29 is 9.53 Å². The lowest BCUT2D eigenvalue weighted by molar-refractivity contribution is 0.0735. The van der Waals surface area contributed by atoms with Gasteiger partial charge < -0.3 is 4.74 Å². The van der Waals surface area contributed by atoms with Gasteiger partial charge in [-0.05, 0) is 60.2 Å². The average Bonchev–Trinajstić information content (AvgIpc) is 2.74. The molecule has 0 saturated carbocycles. The Labute approximate surface area is 177 Å². The highest BCUT2D eigenvalue weighted by Crippen LogP contribution is 2.28. The second kappa shape index (κ2) is 8.41. The quantitative estimate of drug-likeness (QED) is 0.196. The summed E-state index contributed by atoms with van der Waals surface area (Å²) in [5, 5.41) is 2.03. The Balaban J connectivity index is 1.73. The molecule has 0 heterocycles. The van der Waals surface area contributed by atoms with E-state index < -0.39 is 5.97 Å². The zero-order chi connectivity index (χ0) is 20.2. The topological polar surface area (TPSA) is 38.7 Å². The van der Waals surface area contributed by atoms with Gasteiger partial charge in [-0.15, -0.1) is 0 Å². The fourth-order valence-electron chi connectivity index (χ4n) is 3.01. The number of fused-ring (bicyclic) bond motifs is 1. The summed E-state index contributed by atoms with van der Waals surface area (Å²) in [5.74, 6) is 0.0914. The van der Waals surface area contributed by atoms with Gasteiger partial charge >= 0.3 is 5.97 Å².